The summed E-state index contributed by atoms with van der Waals surface area (Å²) in [4.78, 5) is 0. The van der Waals surface area contributed by atoms with Gasteiger partial charge in [-0.1, -0.05) is 43.6 Å². The van der Waals surface area contributed by atoms with E-state index in [9.17, 15) is 0 Å². The van der Waals surface area contributed by atoms with Crippen molar-refractivity contribution in [1.29, 1.82) is 0 Å². The maximum absolute atomic E-state index is 6.37. The van der Waals surface area contributed by atoms with E-state index in [4.69, 9.17) is 22.1 Å². The molecule has 2 aromatic carbocycles. The summed E-state index contributed by atoms with van der Waals surface area (Å²) in [6, 6.07) is 13.8. The van der Waals surface area contributed by atoms with E-state index >= 15 is 0 Å². The predicted molar refractivity (Wildman–Crippen MR) is 82.4 cm³/mol. The van der Waals surface area contributed by atoms with Gasteiger partial charge in [0.1, 0.15) is 5.75 Å². The Balaban J connectivity index is 1.99. The first-order chi connectivity index (χ1) is 9.47. The van der Waals surface area contributed by atoms with Crippen molar-refractivity contribution < 1.29 is 4.74 Å². The predicted octanol–water partition coefficient (Wildman–Crippen LogP) is 4.06. The molecule has 1 aliphatic rings. The highest BCUT2D eigenvalue weighted by atomic mass is 35.5. The second-order valence-corrected chi connectivity index (χ2v) is 6.40. The molecule has 3 rings (SSSR count). The molecule has 0 saturated carbocycles. The lowest BCUT2D eigenvalue weighted by atomic mass is 9.85. The highest BCUT2D eigenvalue weighted by Crippen LogP contribution is 2.40. The van der Waals surface area contributed by atoms with Crippen LogP contribution in [0.15, 0.2) is 42.5 Å². The summed E-state index contributed by atoms with van der Waals surface area (Å²) < 4.78 is 5.71. The standard InChI is InChI=1S/C17H18ClNO/c1-17(2)10-20-15-7-6-12(9-14(15)17)16(19)11-4-3-5-13(18)8-11/h3-9,16H,10,19H2,1-2H3. The topological polar surface area (TPSA) is 35.2 Å². The Hall–Kier alpha value is -1.51. The third-order valence-corrected chi connectivity index (χ3v) is 4.12. The number of ether oxygens (including phenoxy) is 1. The summed E-state index contributed by atoms with van der Waals surface area (Å²) in [5.74, 6) is 0.969. The third-order valence-electron chi connectivity index (χ3n) is 3.89. The molecular weight excluding hydrogens is 270 g/mol. The molecule has 1 atom stereocenters. The Labute approximate surface area is 124 Å². The van der Waals surface area contributed by atoms with Crippen molar-refractivity contribution >= 4 is 11.6 Å². The zero-order chi connectivity index (χ0) is 14.3. The minimum Gasteiger partial charge on any atom is -0.492 e. The first kappa shape index (κ1) is 13.5. The Morgan fingerprint density at radius 3 is 2.65 bits per heavy atom. The molecule has 2 nitrogen and oxygen atoms in total. The normalized spacial score (nSPS) is 17.4. The Bertz CT molecular complexity index is 651. The van der Waals surface area contributed by atoms with Crippen LogP contribution in [0.1, 0.15) is 36.6 Å². The molecule has 0 bridgehead atoms. The highest BCUT2D eigenvalue weighted by Gasteiger charge is 2.32. The zero-order valence-electron chi connectivity index (χ0n) is 11.7. The van der Waals surface area contributed by atoms with E-state index < -0.39 is 0 Å². The molecule has 3 heteroatoms. The number of rotatable bonds is 2. The maximum atomic E-state index is 6.37. The summed E-state index contributed by atoms with van der Waals surface area (Å²) in [6.07, 6.45) is 0. The van der Waals surface area contributed by atoms with Crippen molar-refractivity contribution in [3.63, 3.8) is 0 Å². The van der Waals surface area contributed by atoms with Gasteiger partial charge in [-0.15, -0.1) is 0 Å². The molecule has 0 spiro atoms. The molecule has 0 amide bonds. The second kappa shape index (κ2) is 4.80. The van der Waals surface area contributed by atoms with Gasteiger partial charge in [0.2, 0.25) is 0 Å². The lowest BCUT2D eigenvalue weighted by Gasteiger charge is -2.18. The summed E-state index contributed by atoms with van der Waals surface area (Å²) >= 11 is 6.04. The van der Waals surface area contributed by atoms with Crippen LogP contribution in [0.25, 0.3) is 0 Å². The maximum Gasteiger partial charge on any atom is 0.123 e. The van der Waals surface area contributed by atoms with Crippen LogP contribution < -0.4 is 10.5 Å². The lowest BCUT2D eigenvalue weighted by molar-refractivity contribution is 0.291. The van der Waals surface area contributed by atoms with E-state index in [1.807, 2.05) is 36.4 Å². The number of nitrogens with two attached hydrogens (primary N) is 1. The molecule has 2 aromatic rings. The van der Waals surface area contributed by atoms with Crippen LogP contribution in [0, 0.1) is 0 Å². The zero-order valence-corrected chi connectivity index (χ0v) is 12.4. The van der Waals surface area contributed by atoms with Crippen molar-refractivity contribution in [3.05, 3.63) is 64.2 Å². The van der Waals surface area contributed by atoms with Crippen LogP contribution >= 0.6 is 11.6 Å². The van der Waals surface area contributed by atoms with Gasteiger partial charge in [-0.25, -0.2) is 0 Å². The molecule has 0 aromatic heterocycles. The van der Waals surface area contributed by atoms with E-state index in [1.165, 1.54) is 5.56 Å². The Morgan fingerprint density at radius 1 is 1.15 bits per heavy atom. The number of fused-ring (bicyclic) bond motifs is 1. The van der Waals surface area contributed by atoms with Crippen LogP contribution in [0.4, 0.5) is 0 Å². The summed E-state index contributed by atoms with van der Waals surface area (Å²) in [7, 11) is 0. The van der Waals surface area contributed by atoms with Crippen molar-refractivity contribution in [1.82, 2.24) is 0 Å². The molecule has 104 valence electrons. The molecule has 0 radical (unpaired) electrons. The van der Waals surface area contributed by atoms with E-state index in [2.05, 4.69) is 19.9 Å². The molecule has 0 fully saturated rings. The number of hydrogen-bond donors (Lipinski definition) is 1. The van der Waals surface area contributed by atoms with Gasteiger partial charge in [-0.3, -0.25) is 0 Å². The van der Waals surface area contributed by atoms with E-state index in [1.54, 1.807) is 0 Å². The second-order valence-electron chi connectivity index (χ2n) is 5.96. The van der Waals surface area contributed by atoms with Crippen molar-refractivity contribution in [2.24, 2.45) is 5.73 Å². The molecule has 1 unspecified atom stereocenters. The minimum absolute atomic E-state index is 0.0411. The van der Waals surface area contributed by atoms with Crippen LogP contribution in [-0.2, 0) is 5.41 Å². The third kappa shape index (κ3) is 2.30. The van der Waals surface area contributed by atoms with Gasteiger partial charge >= 0.3 is 0 Å². The van der Waals surface area contributed by atoms with Crippen LogP contribution in [0.5, 0.6) is 5.75 Å². The van der Waals surface area contributed by atoms with E-state index in [0.717, 1.165) is 23.5 Å². The Kier molecular flexibility index (Phi) is 3.23. The van der Waals surface area contributed by atoms with Crippen LogP contribution in [0.2, 0.25) is 5.02 Å². The smallest absolute Gasteiger partial charge is 0.123 e. The lowest BCUT2D eigenvalue weighted by Crippen LogP contribution is -2.19. The van der Waals surface area contributed by atoms with Gasteiger partial charge in [-0.05, 0) is 35.4 Å². The minimum atomic E-state index is -0.171. The fourth-order valence-corrected chi connectivity index (χ4v) is 2.82. The summed E-state index contributed by atoms with van der Waals surface area (Å²) in [6.45, 7) is 5.10. The van der Waals surface area contributed by atoms with Gasteiger partial charge in [0.25, 0.3) is 0 Å². The molecular formula is C17H18ClNO. The highest BCUT2D eigenvalue weighted by molar-refractivity contribution is 6.30. The molecule has 1 aliphatic heterocycles. The number of hydrogen-bond acceptors (Lipinski definition) is 2. The number of halogens is 1. The SMILES string of the molecule is CC1(C)COc2ccc(C(N)c3cccc(Cl)c3)cc21. The molecule has 1 heterocycles. The molecule has 0 saturated heterocycles. The van der Waals surface area contributed by atoms with Gasteiger partial charge in [0.05, 0.1) is 12.6 Å². The van der Waals surface area contributed by atoms with Gasteiger partial charge < -0.3 is 10.5 Å². The largest absolute Gasteiger partial charge is 0.492 e. The van der Waals surface area contributed by atoms with Crippen molar-refractivity contribution in [2.45, 2.75) is 25.3 Å². The first-order valence-corrected chi connectivity index (χ1v) is 7.13. The monoisotopic (exact) mass is 287 g/mol. The van der Waals surface area contributed by atoms with E-state index in [0.29, 0.717) is 5.02 Å². The quantitative estimate of drug-likeness (QED) is 0.904. The number of benzene rings is 2. The van der Waals surface area contributed by atoms with E-state index in [-0.39, 0.29) is 11.5 Å². The fourth-order valence-electron chi connectivity index (χ4n) is 2.62. The average molecular weight is 288 g/mol. The van der Waals surface area contributed by atoms with Crippen molar-refractivity contribution in [2.75, 3.05) is 6.61 Å². The van der Waals surface area contributed by atoms with Crippen LogP contribution in [0.3, 0.4) is 0 Å². The van der Waals surface area contributed by atoms with Gasteiger partial charge in [-0.2, -0.15) is 0 Å². The van der Waals surface area contributed by atoms with Gasteiger partial charge in [0.15, 0.2) is 0 Å². The fraction of sp³-hybridized carbons (Fsp3) is 0.294. The van der Waals surface area contributed by atoms with Crippen LogP contribution in [-0.4, -0.2) is 6.61 Å². The summed E-state index contributed by atoms with van der Waals surface area (Å²) in [5.41, 5.74) is 9.75. The molecule has 20 heavy (non-hydrogen) atoms. The molecule has 2 N–H and O–H groups in total. The van der Waals surface area contributed by atoms with Crippen molar-refractivity contribution in [3.8, 4) is 5.75 Å². The van der Waals surface area contributed by atoms with Gasteiger partial charge in [0, 0.05) is 16.0 Å². The average Bonchev–Trinajstić information content (AvgIpc) is 2.73. The Morgan fingerprint density at radius 2 is 1.90 bits per heavy atom. The molecule has 0 aliphatic carbocycles. The summed E-state index contributed by atoms with van der Waals surface area (Å²) in [5, 5.41) is 0.711. The first-order valence-electron chi connectivity index (χ1n) is 6.76.